The Balaban J connectivity index is 2.17. The van der Waals surface area contributed by atoms with Crippen molar-refractivity contribution in [3.8, 4) is 0 Å². The van der Waals surface area contributed by atoms with Gasteiger partial charge in [0.05, 0.1) is 5.60 Å². The van der Waals surface area contributed by atoms with Crippen molar-refractivity contribution in [3.63, 3.8) is 0 Å². The first-order valence-electron chi connectivity index (χ1n) is 6.79. The number of hydrogen-bond acceptors (Lipinski definition) is 2. The Bertz CT molecular complexity index is 438. The highest BCUT2D eigenvalue weighted by Crippen LogP contribution is 2.33. The van der Waals surface area contributed by atoms with Crippen molar-refractivity contribution in [1.82, 2.24) is 0 Å². The molecular formula is C16H22O2. The number of ether oxygens (including phenoxy) is 1. The van der Waals surface area contributed by atoms with E-state index in [1.54, 1.807) is 0 Å². The van der Waals surface area contributed by atoms with Gasteiger partial charge in [0.1, 0.15) is 0 Å². The molecule has 0 N–H and O–H groups in total. The average molecular weight is 246 g/mol. The maximum atomic E-state index is 12.6. The van der Waals surface area contributed by atoms with E-state index in [0.717, 1.165) is 30.4 Å². The molecule has 0 radical (unpaired) electrons. The largest absolute Gasteiger partial charge is 0.375 e. The summed E-state index contributed by atoms with van der Waals surface area (Å²) in [5.74, 6) is 0.404. The molecule has 1 aromatic carbocycles. The molecule has 0 saturated carbocycles. The van der Waals surface area contributed by atoms with Gasteiger partial charge in [0.2, 0.25) is 0 Å². The first kappa shape index (κ1) is 13.3. The molecule has 0 bridgehead atoms. The van der Waals surface area contributed by atoms with E-state index >= 15 is 0 Å². The average Bonchev–Trinajstić information content (AvgIpc) is 2.39. The molecule has 0 amide bonds. The van der Waals surface area contributed by atoms with Gasteiger partial charge in [-0.2, -0.15) is 0 Å². The number of benzene rings is 1. The van der Waals surface area contributed by atoms with Crippen molar-refractivity contribution in [3.05, 3.63) is 35.4 Å². The van der Waals surface area contributed by atoms with E-state index in [0.29, 0.717) is 6.61 Å². The van der Waals surface area contributed by atoms with E-state index in [4.69, 9.17) is 4.74 Å². The molecule has 0 spiro atoms. The molecule has 1 aliphatic rings. The minimum absolute atomic E-state index is 0.116. The molecular weight excluding hydrogens is 224 g/mol. The third-order valence-electron chi connectivity index (χ3n) is 4.12. The van der Waals surface area contributed by atoms with Crippen LogP contribution >= 0.6 is 0 Å². The normalized spacial score (nSPS) is 28.1. The predicted molar refractivity (Wildman–Crippen MR) is 72.9 cm³/mol. The van der Waals surface area contributed by atoms with Gasteiger partial charge in [-0.05, 0) is 38.7 Å². The molecule has 0 aromatic heterocycles. The van der Waals surface area contributed by atoms with Crippen molar-refractivity contribution in [2.45, 2.75) is 45.6 Å². The van der Waals surface area contributed by atoms with E-state index in [9.17, 15) is 4.79 Å². The number of aryl methyl sites for hydroxylation is 1. The highest BCUT2D eigenvalue weighted by molar-refractivity contribution is 5.99. The molecule has 2 rings (SSSR count). The van der Waals surface area contributed by atoms with Crippen molar-refractivity contribution in [1.29, 1.82) is 0 Å². The van der Waals surface area contributed by atoms with Gasteiger partial charge in [0.15, 0.2) is 5.78 Å². The zero-order chi connectivity index (χ0) is 13.2. The van der Waals surface area contributed by atoms with Gasteiger partial charge >= 0.3 is 0 Å². The molecule has 2 unspecified atom stereocenters. The molecule has 98 valence electrons. The lowest BCUT2D eigenvalue weighted by molar-refractivity contribution is -0.0811. The second kappa shape index (κ2) is 5.23. The first-order chi connectivity index (χ1) is 8.56. The number of hydrogen-bond donors (Lipinski definition) is 0. The minimum Gasteiger partial charge on any atom is -0.375 e. The highest BCUT2D eigenvalue weighted by atomic mass is 16.5. The Morgan fingerprint density at radius 1 is 1.44 bits per heavy atom. The van der Waals surface area contributed by atoms with Crippen LogP contribution in [0.15, 0.2) is 24.3 Å². The third-order valence-corrected chi connectivity index (χ3v) is 4.12. The van der Waals surface area contributed by atoms with Gasteiger partial charge in [-0.1, -0.05) is 31.2 Å². The van der Waals surface area contributed by atoms with E-state index in [-0.39, 0.29) is 17.3 Å². The predicted octanol–water partition coefficient (Wildman–Crippen LogP) is 3.77. The summed E-state index contributed by atoms with van der Waals surface area (Å²) in [5.41, 5.74) is 1.83. The summed E-state index contributed by atoms with van der Waals surface area (Å²) in [6.45, 7) is 6.95. The molecule has 1 fully saturated rings. The fourth-order valence-corrected chi connectivity index (χ4v) is 2.67. The van der Waals surface area contributed by atoms with Crippen LogP contribution in [0, 0.1) is 12.8 Å². The lowest BCUT2D eigenvalue weighted by Gasteiger charge is -2.37. The quantitative estimate of drug-likeness (QED) is 0.759. The van der Waals surface area contributed by atoms with Gasteiger partial charge in [0, 0.05) is 18.1 Å². The maximum absolute atomic E-state index is 12.6. The Morgan fingerprint density at radius 3 is 2.83 bits per heavy atom. The van der Waals surface area contributed by atoms with E-state index in [1.165, 1.54) is 0 Å². The van der Waals surface area contributed by atoms with Gasteiger partial charge < -0.3 is 4.74 Å². The molecule has 18 heavy (non-hydrogen) atoms. The number of Topliss-reactive ketones (excluding diaryl/α,β-unsaturated/α-hetero) is 1. The minimum atomic E-state index is -0.124. The summed E-state index contributed by atoms with van der Waals surface area (Å²) in [7, 11) is 0. The number of carbonyl (C=O) groups excluding carboxylic acids is 1. The smallest absolute Gasteiger partial charge is 0.166 e. The van der Waals surface area contributed by atoms with Gasteiger partial charge in [0.25, 0.3) is 0 Å². The Kier molecular flexibility index (Phi) is 3.86. The maximum Gasteiger partial charge on any atom is 0.166 e. The monoisotopic (exact) mass is 246 g/mol. The molecule has 1 aliphatic heterocycles. The zero-order valence-electron chi connectivity index (χ0n) is 11.5. The van der Waals surface area contributed by atoms with E-state index < -0.39 is 0 Å². The molecule has 2 atom stereocenters. The van der Waals surface area contributed by atoms with Crippen molar-refractivity contribution in [2.75, 3.05) is 6.61 Å². The lowest BCUT2D eigenvalue weighted by Crippen LogP contribution is -2.39. The first-order valence-corrected chi connectivity index (χ1v) is 6.79. The van der Waals surface area contributed by atoms with Crippen LogP contribution in [0.2, 0.25) is 0 Å². The summed E-state index contributed by atoms with van der Waals surface area (Å²) in [6.07, 6.45) is 2.66. The van der Waals surface area contributed by atoms with Crippen LogP contribution in [0.1, 0.15) is 49.0 Å². The van der Waals surface area contributed by atoms with Crippen LogP contribution in [0.4, 0.5) is 0 Å². The molecule has 2 heteroatoms. The zero-order valence-corrected chi connectivity index (χ0v) is 11.5. The van der Waals surface area contributed by atoms with E-state index in [1.807, 2.05) is 31.2 Å². The second-order valence-electron chi connectivity index (χ2n) is 5.52. The number of carbonyl (C=O) groups is 1. The molecule has 1 heterocycles. The summed E-state index contributed by atoms with van der Waals surface area (Å²) in [4.78, 5) is 12.6. The summed E-state index contributed by atoms with van der Waals surface area (Å²) in [5, 5.41) is 0. The van der Waals surface area contributed by atoms with Gasteiger partial charge in [-0.25, -0.2) is 0 Å². The molecule has 1 aromatic rings. The fourth-order valence-electron chi connectivity index (χ4n) is 2.67. The molecule has 2 nitrogen and oxygen atoms in total. The summed E-state index contributed by atoms with van der Waals surface area (Å²) < 4.78 is 5.81. The van der Waals surface area contributed by atoms with Gasteiger partial charge in [-0.3, -0.25) is 4.79 Å². The van der Waals surface area contributed by atoms with Crippen LogP contribution in [0.3, 0.4) is 0 Å². The van der Waals surface area contributed by atoms with Crippen LogP contribution in [0.5, 0.6) is 0 Å². The van der Waals surface area contributed by atoms with Crippen LogP contribution in [-0.2, 0) is 4.74 Å². The van der Waals surface area contributed by atoms with Crippen molar-refractivity contribution < 1.29 is 9.53 Å². The molecule has 1 saturated heterocycles. The number of ketones is 1. The van der Waals surface area contributed by atoms with E-state index in [2.05, 4.69) is 13.8 Å². The van der Waals surface area contributed by atoms with Crippen molar-refractivity contribution in [2.24, 2.45) is 5.92 Å². The SMILES string of the molecule is CCC1(C)CC(C(=O)c2ccccc2C)CCO1. The lowest BCUT2D eigenvalue weighted by atomic mass is 9.80. The fraction of sp³-hybridized carbons (Fsp3) is 0.562. The Hall–Kier alpha value is -1.15. The standard InChI is InChI=1S/C16H22O2/c1-4-16(3)11-13(9-10-18-16)15(17)14-8-6-5-7-12(14)2/h5-8,13H,4,9-11H2,1-3H3. The Labute approximate surface area is 109 Å². The highest BCUT2D eigenvalue weighted by Gasteiger charge is 2.35. The summed E-state index contributed by atoms with van der Waals surface area (Å²) >= 11 is 0. The third kappa shape index (κ3) is 2.64. The van der Waals surface area contributed by atoms with Crippen LogP contribution in [0.25, 0.3) is 0 Å². The topological polar surface area (TPSA) is 26.3 Å². The van der Waals surface area contributed by atoms with Gasteiger partial charge in [-0.15, -0.1) is 0 Å². The van der Waals surface area contributed by atoms with Crippen LogP contribution in [-0.4, -0.2) is 18.0 Å². The molecule has 0 aliphatic carbocycles. The van der Waals surface area contributed by atoms with Crippen LogP contribution < -0.4 is 0 Å². The number of rotatable bonds is 3. The van der Waals surface area contributed by atoms with Crippen molar-refractivity contribution >= 4 is 5.78 Å². The second-order valence-corrected chi connectivity index (χ2v) is 5.52. The summed E-state index contributed by atoms with van der Waals surface area (Å²) in [6, 6.07) is 7.87. The Morgan fingerprint density at radius 2 is 2.17 bits per heavy atom.